The van der Waals surface area contributed by atoms with E-state index < -0.39 is 0 Å². The van der Waals surface area contributed by atoms with Crippen molar-refractivity contribution in [1.82, 2.24) is 9.47 Å². The first-order chi connectivity index (χ1) is 10.6. The molecule has 2 amide bonds. The van der Waals surface area contributed by atoms with Crippen LogP contribution in [-0.4, -0.2) is 34.4 Å². The van der Waals surface area contributed by atoms with Crippen molar-refractivity contribution in [2.24, 2.45) is 11.7 Å². The summed E-state index contributed by atoms with van der Waals surface area (Å²) in [6, 6.07) is 7.97. The number of para-hydroxylation sites is 1. The smallest absolute Gasteiger partial charge is 0.256 e. The number of carbonyl (C=O) groups excluding carboxylic acids is 2. The van der Waals surface area contributed by atoms with Gasteiger partial charge in [0.25, 0.3) is 5.91 Å². The summed E-state index contributed by atoms with van der Waals surface area (Å²) in [7, 11) is 0. The lowest BCUT2D eigenvalue weighted by atomic mass is 9.96. The normalized spacial score (nSPS) is 16.1. The van der Waals surface area contributed by atoms with Gasteiger partial charge in [-0.2, -0.15) is 0 Å². The van der Waals surface area contributed by atoms with Gasteiger partial charge in [0.05, 0.1) is 5.56 Å². The molecule has 0 unspecified atom stereocenters. The second kappa shape index (κ2) is 5.83. The molecule has 3 rings (SSSR count). The molecule has 0 aliphatic carbocycles. The topological polar surface area (TPSA) is 68.3 Å². The summed E-state index contributed by atoms with van der Waals surface area (Å²) in [5, 5.41) is 0.992. The zero-order chi connectivity index (χ0) is 15.7. The van der Waals surface area contributed by atoms with Gasteiger partial charge in [0.2, 0.25) is 5.91 Å². The molecular formula is C17H21N3O2. The molecule has 2 N–H and O–H groups in total. The Morgan fingerprint density at radius 2 is 1.91 bits per heavy atom. The number of hydrogen-bond donors (Lipinski definition) is 1. The monoisotopic (exact) mass is 299 g/mol. The van der Waals surface area contributed by atoms with Crippen molar-refractivity contribution in [2.75, 3.05) is 13.1 Å². The van der Waals surface area contributed by atoms with E-state index in [0.29, 0.717) is 25.9 Å². The first kappa shape index (κ1) is 14.6. The predicted octanol–water partition coefficient (Wildman–Crippen LogP) is 2.00. The lowest BCUT2D eigenvalue weighted by Gasteiger charge is -2.30. The van der Waals surface area contributed by atoms with Gasteiger partial charge in [-0.1, -0.05) is 18.2 Å². The molecular weight excluding hydrogens is 278 g/mol. The summed E-state index contributed by atoms with van der Waals surface area (Å²) in [5.74, 6) is -0.304. The molecule has 5 heteroatoms. The van der Waals surface area contributed by atoms with Gasteiger partial charge in [-0.3, -0.25) is 9.59 Å². The number of fused-ring (bicyclic) bond motifs is 1. The molecule has 1 fully saturated rings. The second-order valence-electron chi connectivity index (χ2n) is 5.81. The number of likely N-dealkylation sites (tertiary alicyclic amines) is 1. The van der Waals surface area contributed by atoms with E-state index in [0.717, 1.165) is 23.0 Å². The van der Waals surface area contributed by atoms with Gasteiger partial charge in [0.1, 0.15) is 0 Å². The highest BCUT2D eigenvalue weighted by atomic mass is 16.2. The zero-order valence-corrected chi connectivity index (χ0v) is 12.8. The summed E-state index contributed by atoms with van der Waals surface area (Å²) in [4.78, 5) is 25.9. The van der Waals surface area contributed by atoms with Crippen LogP contribution < -0.4 is 5.73 Å². The van der Waals surface area contributed by atoms with Crippen molar-refractivity contribution in [3.05, 3.63) is 36.0 Å². The number of primary amides is 1. The number of nitrogens with zero attached hydrogens (tertiary/aromatic N) is 2. The van der Waals surface area contributed by atoms with Crippen molar-refractivity contribution in [3.63, 3.8) is 0 Å². The summed E-state index contributed by atoms with van der Waals surface area (Å²) in [6.07, 6.45) is 3.26. The first-order valence-electron chi connectivity index (χ1n) is 7.78. The van der Waals surface area contributed by atoms with E-state index in [2.05, 4.69) is 11.5 Å². The molecule has 1 aliphatic rings. The van der Waals surface area contributed by atoms with Crippen LogP contribution in [0.5, 0.6) is 0 Å². The van der Waals surface area contributed by atoms with E-state index in [9.17, 15) is 9.59 Å². The third kappa shape index (κ3) is 2.47. The molecule has 1 aromatic carbocycles. The molecule has 0 bridgehead atoms. The van der Waals surface area contributed by atoms with E-state index in [1.807, 2.05) is 35.4 Å². The van der Waals surface area contributed by atoms with E-state index in [4.69, 9.17) is 5.73 Å². The molecule has 0 atom stereocenters. The third-order valence-corrected chi connectivity index (χ3v) is 4.54. The lowest BCUT2D eigenvalue weighted by Crippen LogP contribution is -2.41. The van der Waals surface area contributed by atoms with E-state index in [-0.39, 0.29) is 17.7 Å². The minimum Gasteiger partial charge on any atom is -0.369 e. The van der Waals surface area contributed by atoms with Crippen molar-refractivity contribution in [2.45, 2.75) is 26.3 Å². The fourth-order valence-corrected chi connectivity index (χ4v) is 3.22. The van der Waals surface area contributed by atoms with Crippen molar-refractivity contribution < 1.29 is 9.59 Å². The fraction of sp³-hybridized carbons (Fsp3) is 0.412. The average molecular weight is 299 g/mol. The Kier molecular flexibility index (Phi) is 3.88. The van der Waals surface area contributed by atoms with Crippen molar-refractivity contribution >= 4 is 22.7 Å². The van der Waals surface area contributed by atoms with Crippen LogP contribution in [0.4, 0.5) is 0 Å². The summed E-state index contributed by atoms with van der Waals surface area (Å²) < 4.78 is 2.10. The number of benzene rings is 1. The Balaban J connectivity index is 1.86. The van der Waals surface area contributed by atoms with Crippen LogP contribution >= 0.6 is 0 Å². The van der Waals surface area contributed by atoms with E-state index in [1.165, 1.54) is 0 Å². The van der Waals surface area contributed by atoms with Crippen LogP contribution in [0.2, 0.25) is 0 Å². The van der Waals surface area contributed by atoms with Crippen LogP contribution in [0.3, 0.4) is 0 Å². The van der Waals surface area contributed by atoms with Gasteiger partial charge in [-0.25, -0.2) is 0 Å². The number of aromatic nitrogens is 1. The molecule has 0 saturated carbocycles. The highest BCUT2D eigenvalue weighted by Gasteiger charge is 2.27. The maximum Gasteiger partial charge on any atom is 0.256 e. The van der Waals surface area contributed by atoms with Crippen LogP contribution in [0.15, 0.2) is 30.5 Å². The fourth-order valence-electron chi connectivity index (χ4n) is 3.22. The third-order valence-electron chi connectivity index (χ3n) is 4.54. The second-order valence-corrected chi connectivity index (χ2v) is 5.81. The van der Waals surface area contributed by atoms with Crippen LogP contribution in [0.1, 0.15) is 30.1 Å². The molecule has 22 heavy (non-hydrogen) atoms. The number of piperidine rings is 1. The highest BCUT2D eigenvalue weighted by molar-refractivity contribution is 6.07. The average Bonchev–Trinajstić information content (AvgIpc) is 2.93. The summed E-state index contributed by atoms with van der Waals surface area (Å²) in [5.41, 5.74) is 7.18. The maximum atomic E-state index is 12.8. The highest BCUT2D eigenvalue weighted by Crippen LogP contribution is 2.25. The SMILES string of the molecule is CCn1cc(C(=O)N2CCC(C(N)=O)CC2)c2ccccc21. The van der Waals surface area contributed by atoms with Crippen molar-refractivity contribution in [1.29, 1.82) is 0 Å². The van der Waals surface area contributed by atoms with Gasteiger partial charge in [-0.15, -0.1) is 0 Å². The minimum atomic E-state index is -0.255. The Hall–Kier alpha value is -2.30. The molecule has 1 saturated heterocycles. The number of rotatable bonds is 3. The van der Waals surface area contributed by atoms with E-state index >= 15 is 0 Å². The van der Waals surface area contributed by atoms with Gasteiger partial charge in [0, 0.05) is 42.7 Å². The maximum absolute atomic E-state index is 12.8. The predicted molar refractivity (Wildman–Crippen MR) is 85.4 cm³/mol. The van der Waals surface area contributed by atoms with Crippen molar-refractivity contribution in [3.8, 4) is 0 Å². The number of amides is 2. The first-order valence-corrected chi connectivity index (χ1v) is 7.78. The number of nitrogens with two attached hydrogens (primary N) is 1. The molecule has 5 nitrogen and oxygen atoms in total. The largest absolute Gasteiger partial charge is 0.369 e. The quantitative estimate of drug-likeness (QED) is 0.942. The molecule has 1 aromatic heterocycles. The molecule has 0 spiro atoms. The molecule has 0 radical (unpaired) electrons. The van der Waals surface area contributed by atoms with Gasteiger partial charge < -0.3 is 15.2 Å². The molecule has 1 aliphatic heterocycles. The Labute approximate surface area is 129 Å². The Morgan fingerprint density at radius 1 is 1.23 bits per heavy atom. The molecule has 116 valence electrons. The van der Waals surface area contributed by atoms with Gasteiger partial charge in [0.15, 0.2) is 0 Å². The standard InChI is InChI=1S/C17H21N3O2/c1-2-19-11-14(13-5-3-4-6-15(13)19)17(22)20-9-7-12(8-10-20)16(18)21/h3-6,11-12H,2,7-10H2,1H3,(H2,18,21). The van der Waals surface area contributed by atoms with Gasteiger partial charge >= 0.3 is 0 Å². The summed E-state index contributed by atoms with van der Waals surface area (Å²) >= 11 is 0. The van der Waals surface area contributed by atoms with Crippen LogP contribution in [0, 0.1) is 5.92 Å². The lowest BCUT2D eigenvalue weighted by molar-refractivity contribution is -0.123. The van der Waals surface area contributed by atoms with Crippen LogP contribution in [0.25, 0.3) is 10.9 Å². The number of carbonyl (C=O) groups is 2. The Morgan fingerprint density at radius 3 is 2.55 bits per heavy atom. The van der Waals surface area contributed by atoms with E-state index in [1.54, 1.807) is 0 Å². The number of aryl methyl sites for hydroxylation is 1. The molecule has 2 aromatic rings. The summed E-state index contributed by atoms with van der Waals surface area (Å²) in [6.45, 7) is 4.09. The Bertz CT molecular complexity index is 712. The minimum absolute atomic E-state index is 0.0475. The van der Waals surface area contributed by atoms with Crippen LogP contribution in [-0.2, 0) is 11.3 Å². The zero-order valence-electron chi connectivity index (χ0n) is 12.8. The van der Waals surface area contributed by atoms with Gasteiger partial charge in [-0.05, 0) is 25.8 Å². The number of hydrogen-bond acceptors (Lipinski definition) is 2. The molecule has 2 heterocycles.